The van der Waals surface area contributed by atoms with Gasteiger partial charge in [0.05, 0.1) is 6.10 Å². The molecule has 21 heavy (non-hydrogen) atoms. The predicted octanol–water partition coefficient (Wildman–Crippen LogP) is 3.51. The predicted molar refractivity (Wildman–Crippen MR) is 85.9 cm³/mol. The Hall–Kier alpha value is -1.61. The molecule has 1 heterocycles. The molecule has 2 rings (SSSR count). The third-order valence-electron chi connectivity index (χ3n) is 3.93. The van der Waals surface area contributed by atoms with E-state index in [1.54, 1.807) is 4.90 Å². The Morgan fingerprint density at radius 2 is 2.10 bits per heavy atom. The first-order chi connectivity index (χ1) is 10.2. The van der Waals surface area contributed by atoms with Crippen LogP contribution in [0.1, 0.15) is 38.2 Å². The number of rotatable bonds is 5. The topological polar surface area (TPSA) is 29.5 Å². The van der Waals surface area contributed by atoms with Gasteiger partial charge in [0.25, 0.3) is 0 Å². The first-order valence-electron chi connectivity index (χ1n) is 7.77. The Balaban J connectivity index is 1.85. The second-order valence-corrected chi connectivity index (χ2v) is 5.74. The first kappa shape index (κ1) is 15.8. The van der Waals surface area contributed by atoms with Crippen molar-refractivity contribution in [2.75, 3.05) is 20.2 Å². The van der Waals surface area contributed by atoms with Crippen LogP contribution in [0.25, 0.3) is 6.08 Å². The minimum Gasteiger partial charge on any atom is -0.378 e. The van der Waals surface area contributed by atoms with Gasteiger partial charge in [-0.25, -0.2) is 0 Å². The largest absolute Gasteiger partial charge is 0.378 e. The zero-order valence-corrected chi connectivity index (χ0v) is 13.0. The molecule has 0 radical (unpaired) electrons. The molecule has 0 spiro atoms. The maximum atomic E-state index is 12.3. The Labute approximate surface area is 127 Å². The Bertz CT molecular complexity index is 475. The summed E-state index contributed by atoms with van der Waals surface area (Å²) in [5.41, 5.74) is 1.83. The molecule has 0 saturated carbocycles. The number of carbonyl (C=O) groups excluding carboxylic acids is 1. The molecule has 0 bridgehead atoms. The second-order valence-electron chi connectivity index (χ2n) is 5.74. The molecule has 3 heteroatoms. The van der Waals surface area contributed by atoms with Crippen molar-refractivity contribution in [3.8, 4) is 0 Å². The van der Waals surface area contributed by atoms with Gasteiger partial charge in [-0.05, 0) is 44.2 Å². The molecule has 3 nitrogen and oxygen atoms in total. The standard InChI is InChI=1S/C18H25NO2/c1-15(14-16-8-4-3-5-9-16)18(20)19(2)12-11-17-10-6-7-13-21-17/h3-5,8-9,14,17H,6-7,10-13H2,1-2H3/b15-14+. The Morgan fingerprint density at radius 3 is 2.76 bits per heavy atom. The molecule has 1 unspecified atom stereocenters. The van der Waals surface area contributed by atoms with E-state index >= 15 is 0 Å². The highest BCUT2D eigenvalue weighted by Gasteiger charge is 2.16. The summed E-state index contributed by atoms with van der Waals surface area (Å²) >= 11 is 0. The number of hydrogen-bond donors (Lipinski definition) is 0. The molecule has 1 saturated heterocycles. The number of carbonyl (C=O) groups is 1. The lowest BCUT2D eigenvalue weighted by Crippen LogP contribution is -2.31. The van der Waals surface area contributed by atoms with Gasteiger partial charge in [0.1, 0.15) is 0 Å². The normalized spacial score (nSPS) is 19.3. The molecule has 0 aliphatic carbocycles. The summed E-state index contributed by atoms with van der Waals surface area (Å²) in [7, 11) is 1.87. The summed E-state index contributed by atoms with van der Waals surface area (Å²) in [6, 6.07) is 9.95. The van der Waals surface area contributed by atoms with Gasteiger partial charge in [0, 0.05) is 25.8 Å². The van der Waals surface area contributed by atoms with E-state index < -0.39 is 0 Å². The van der Waals surface area contributed by atoms with Crippen molar-refractivity contribution < 1.29 is 9.53 Å². The molecule has 0 N–H and O–H groups in total. The lowest BCUT2D eigenvalue weighted by Gasteiger charge is -2.25. The highest BCUT2D eigenvalue weighted by Crippen LogP contribution is 2.16. The van der Waals surface area contributed by atoms with E-state index in [-0.39, 0.29) is 5.91 Å². The van der Waals surface area contributed by atoms with E-state index in [2.05, 4.69) is 0 Å². The minimum absolute atomic E-state index is 0.0923. The maximum Gasteiger partial charge on any atom is 0.249 e. The van der Waals surface area contributed by atoms with Crippen molar-refractivity contribution in [1.29, 1.82) is 0 Å². The smallest absolute Gasteiger partial charge is 0.249 e. The third kappa shape index (κ3) is 5.01. The highest BCUT2D eigenvalue weighted by molar-refractivity contribution is 5.97. The molecular weight excluding hydrogens is 262 g/mol. The van der Waals surface area contributed by atoms with Crippen LogP contribution >= 0.6 is 0 Å². The summed E-state index contributed by atoms with van der Waals surface area (Å²) in [6.07, 6.45) is 6.74. The molecule has 1 fully saturated rings. The number of ether oxygens (including phenoxy) is 1. The summed E-state index contributed by atoms with van der Waals surface area (Å²) in [6.45, 7) is 3.50. The van der Waals surface area contributed by atoms with Crippen LogP contribution in [0.3, 0.4) is 0 Å². The van der Waals surface area contributed by atoms with E-state index in [1.807, 2.05) is 50.4 Å². The van der Waals surface area contributed by atoms with Crippen molar-refractivity contribution in [2.45, 2.75) is 38.7 Å². The van der Waals surface area contributed by atoms with E-state index in [4.69, 9.17) is 4.74 Å². The van der Waals surface area contributed by atoms with Crippen LogP contribution in [0, 0.1) is 0 Å². The average Bonchev–Trinajstić information content (AvgIpc) is 2.53. The number of benzene rings is 1. The minimum atomic E-state index is 0.0923. The van der Waals surface area contributed by atoms with Gasteiger partial charge in [-0.1, -0.05) is 30.3 Å². The van der Waals surface area contributed by atoms with E-state index in [9.17, 15) is 4.79 Å². The number of likely N-dealkylation sites (N-methyl/N-ethyl adjacent to an activating group) is 1. The zero-order chi connectivity index (χ0) is 15.1. The van der Waals surface area contributed by atoms with E-state index in [0.29, 0.717) is 6.10 Å². The van der Waals surface area contributed by atoms with Crippen molar-refractivity contribution in [3.63, 3.8) is 0 Å². The van der Waals surface area contributed by atoms with Crippen LogP contribution < -0.4 is 0 Å². The molecule has 1 aromatic rings. The van der Waals surface area contributed by atoms with Gasteiger partial charge in [0.2, 0.25) is 5.91 Å². The summed E-state index contributed by atoms with van der Waals surface area (Å²) < 4.78 is 5.71. The van der Waals surface area contributed by atoms with Crippen LogP contribution in [0.4, 0.5) is 0 Å². The fourth-order valence-corrected chi connectivity index (χ4v) is 2.64. The van der Waals surface area contributed by atoms with E-state index in [1.165, 1.54) is 12.8 Å². The lowest BCUT2D eigenvalue weighted by atomic mass is 10.1. The van der Waals surface area contributed by atoms with Crippen molar-refractivity contribution in [3.05, 3.63) is 41.5 Å². The van der Waals surface area contributed by atoms with Gasteiger partial charge >= 0.3 is 0 Å². The van der Waals surface area contributed by atoms with E-state index in [0.717, 1.165) is 37.1 Å². The Morgan fingerprint density at radius 1 is 1.33 bits per heavy atom. The summed E-state index contributed by atoms with van der Waals surface area (Å²) in [5.74, 6) is 0.0923. The second kappa shape index (κ2) is 7.99. The molecule has 1 aliphatic heterocycles. The first-order valence-corrected chi connectivity index (χ1v) is 7.77. The number of amides is 1. The van der Waals surface area contributed by atoms with Gasteiger partial charge in [-0.3, -0.25) is 4.79 Å². The SMILES string of the molecule is C/C(=C\c1ccccc1)C(=O)N(C)CCC1CCCCO1. The maximum absolute atomic E-state index is 12.3. The van der Waals surface area contributed by atoms with Gasteiger partial charge in [-0.15, -0.1) is 0 Å². The summed E-state index contributed by atoms with van der Waals surface area (Å²) in [4.78, 5) is 14.1. The van der Waals surface area contributed by atoms with Crippen molar-refractivity contribution in [2.24, 2.45) is 0 Å². The van der Waals surface area contributed by atoms with Crippen molar-refractivity contribution in [1.82, 2.24) is 4.90 Å². The molecule has 0 aromatic heterocycles. The fourth-order valence-electron chi connectivity index (χ4n) is 2.64. The molecule has 114 valence electrons. The number of nitrogens with zero attached hydrogens (tertiary/aromatic N) is 1. The van der Waals surface area contributed by atoms with Crippen LogP contribution in [0.2, 0.25) is 0 Å². The van der Waals surface area contributed by atoms with Gasteiger partial charge in [0.15, 0.2) is 0 Å². The zero-order valence-electron chi connectivity index (χ0n) is 13.0. The number of hydrogen-bond acceptors (Lipinski definition) is 2. The monoisotopic (exact) mass is 287 g/mol. The summed E-state index contributed by atoms with van der Waals surface area (Å²) in [5, 5.41) is 0. The van der Waals surface area contributed by atoms with Crippen molar-refractivity contribution >= 4 is 12.0 Å². The van der Waals surface area contributed by atoms with Crippen LogP contribution in [0.5, 0.6) is 0 Å². The van der Waals surface area contributed by atoms with Gasteiger partial charge < -0.3 is 9.64 Å². The third-order valence-corrected chi connectivity index (χ3v) is 3.93. The van der Waals surface area contributed by atoms with Gasteiger partial charge in [-0.2, -0.15) is 0 Å². The van der Waals surface area contributed by atoms with Crippen LogP contribution in [-0.2, 0) is 9.53 Å². The molecule has 1 amide bonds. The van der Waals surface area contributed by atoms with Crippen LogP contribution in [0.15, 0.2) is 35.9 Å². The quantitative estimate of drug-likeness (QED) is 0.776. The molecule has 1 atom stereocenters. The molecular formula is C18H25NO2. The molecule has 1 aliphatic rings. The average molecular weight is 287 g/mol. The molecule has 1 aromatic carbocycles. The Kier molecular flexibility index (Phi) is 6.00. The fraction of sp³-hybridized carbons (Fsp3) is 0.500. The van der Waals surface area contributed by atoms with Crippen LogP contribution in [-0.4, -0.2) is 37.1 Å². The lowest BCUT2D eigenvalue weighted by molar-refractivity contribution is -0.126. The highest BCUT2D eigenvalue weighted by atomic mass is 16.5.